The summed E-state index contributed by atoms with van der Waals surface area (Å²) in [5, 5.41) is 4.00. The van der Waals surface area contributed by atoms with E-state index in [9.17, 15) is 4.79 Å². The molecule has 0 saturated heterocycles. The molecule has 0 aromatic heterocycles. The highest BCUT2D eigenvalue weighted by Gasteiger charge is 2.08. The number of amides is 1. The third-order valence-electron chi connectivity index (χ3n) is 4.38. The summed E-state index contributed by atoms with van der Waals surface area (Å²) in [7, 11) is 1.58. The van der Waals surface area contributed by atoms with Crippen molar-refractivity contribution in [3.8, 4) is 28.4 Å². The highest BCUT2D eigenvalue weighted by atomic mass is 16.5. The van der Waals surface area contributed by atoms with Gasteiger partial charge in [0.05, 0.1) is 19.9 Å². The van der Waals surface area contributed by atoms with Crippen LogP contribution in [0.25, 0.3) is 11.1 Å². The number of hydrogen-bond acceptors (Lipinski definition) is 5. The van der Waals surface area contributed by atoms with Gasteiger partial charge in [-0.2, -0.15) is 5.10 Å². The van der Waals surface area contributed by atoms with Crippen LogP contribution < -0.4 is 19.6 Å². The van der Waals surface area contributed by atoms with Crippen LogP contribution in [0.1, 0.15) is 18.9 Å². The highest BCUT2D eigenvalue weighted by molar-refractivity contribution is 5.84. The first-order valence-electron chi connectivity index (χ1n) is 10.1. The van der Waals surface area contributed by atoms with Crippen molar-refractivity contribution in [3.05, 3.63) is 78.4 Å². The van der Waals surface area contributed by atoms with E-state index >= 15 is 0 Å². The molecule has 6 heteroatoms. The van der Waals surface area contributed by atoms with Gasteiger partial charge in [0.1, 0.15) is 5.75 Å². The lowest BCUT2D eigenvalue weighted by atomic mass is 10.1. The molecule has 3 rings (SSSR count). The number of nitrogens with zero attached hydrogens (tertiary/aromatic N) is 1. The van der Waals surface area contributed by atoms with Gasteiger partial charge < -0.3 is 14.2 Å². The minimum atomic E-state index is -0.353. The molecule has 0 aliphatic heterocycles. The zero-order chi connectivity index (χ0) is 21.9. The van der Waals surface area contributed by atoms with Crippen molar-refractivity contribution in [2.75, 3.05) is 20.3 Å². The maximum absolute atomic E-state index is 12.2. The number of hydrogen-bond donors (Lipinski definition) is 1. The molecular formula is C25H26N2O4. The molecule has 31 heavy (non-hydrogen) atoms. The summed E-state index contributed by atoms with van der Waals surface area (Å²) >= 11 is 0. The topological polar surface area (TPSA) is 69.2 Å². The Morgan fingerprint density at radius 2 is 1.71 bits per heavy atom. The van der Waals surface area contributed by atoms with Crippen LogP contribution in [0.15, 0.2) is 77.9 Å². The van der Waals surface area contributed by atoms with E-state index in [2.05, 4.69) is 10.5 Å². The van der Waals surface area contributed by atoms with Gasteiger partial charge in [-0.05, 0) is 41.8 Å². The van der Waals surface area contributed by atoms with Crippen LogP contribution in [0.5, 0.6) is 17.2 Å². The van der Waals surface area contributed by atoms with Crippen molar-refractivity contribution < 1.29 is 19.0 Å². The second-order valence-corrected chi connectivity index (χ2v) is 6.70. The molecule has 0 saturated carbocycles. The van der Waals surface area contributed by atoms with Gasteiger partial charge in [-0.25, -0.2) is 5.43 Å². The first-order chi connectivity index (χ1) is 15.2. The molecule has 1 N–H and O–H groups in total. The Balaban J connectivity index is 1.56. The maximum atomic E-state index is 12.2. The van der Waals surface area contributed by atoms with Crippen LogP contribution in [-0.4, -0.2) is 32.4 Å². The number of ether oxygens (including phenoxy) is 3. The van der Waals surface area contributed by atoms with E-state index < -0.39 is 0 Å². The van der Waals surface area contributed by atoms with Gasteiger partial charge in [0.15, 0.2) is 18.1 Å². The Morgan fingerprint density at radius 3 is 2.48 bits per heavy atom. The molecule has 6 nitrogen and oxygen atoms in total. The molecule has 0 aliphatic carbocycles. The summed E-state index contributed by atoms with van der Waals surface area (Å²) in [5.41, 5.74) is 5.21. The number of carbonyl (C=O) groups is 1. The fraction of sp³-hybridized carbons (Fsp3) is 0.200. The summed E-state index contributed by atoms with van der Waals surface area (Å²) < 4.78 is 16.7. The molecule has 0 spiro atoms. The molecule has 3 aromatic rings. The Kier molecular flexibility index (Phi) is 8.05. The van der Waals surface area contributed by atoms with Crippen LogP contribution in [0.3, 0.4) is 0 Å². The smallest absolute Gasteiger partial charge is 0.277 e. The fourth-order valence-corrected chi connectivity index (χ4v) is 2.90. The normalized spacial score (nSPS) is 10.6. The lowest BCUT2D eigenvalue weighted by Gasteiger charge is -2.11. The predicted molar refractivity (Wildman–Crippen MR) is 122 cm³/mol. The third-order valence-corrected chi connectivity index (χ3v) is 4.38. The number of methoxy groups -OCH3 is 1. The van der Waals surface area contributed by atoms with E-state index in [0.717, 1.165) is 23.1 Å². The average molecular weight is 418 g/mol. The van der Waals surface area contributed by atoms with Crippen LogP contribution in [-0.2, 0) is 4.79 Å². The van der Waals surface area contributed by atoms with E-state index in [4.69, 9.17) is 14.2 Å². The van der Waals surface area contributed by atoms with E-state index in [1.54, 1.807) is 19.4 Å². The van der Waals surface area contributed by atoms with Crippen molar-refractivity contribution in [2.24, 2.45) is 5.10 Å². The Bertz CT molecular complexity index is 1020. The first-order valence-corrected chi connectivity index (χ1v) is 10.1. The zero-order valence-electron chi connectivity index (χ0n) is 17.7. The van der Waals surface area contributed by atoms with E-state index in [1.165, 1.54) is 0 Å². The molecule has 0 unspecified atom stereocenters. The van der Waals surface area contributed by atoms with Crippen molar-refractivity contribution in [2.45, 2.75) is 13.3 Å². The van der Waals surface area contributed by atoms with Crippen LogP contribution in [0.2, 0.25) is 0 Å². The van der Waals surface area contributed by atoms with Crippen molar-refractivity contribution in [1.82, 2.24) is 5.43 Å². The molecule has 0 bridgehead atoms. The number of carbonyl (C=O) groups excluding carboxylic acids is 1. The van der Waals surface area contributed by atoms with Gasteiger partial charge in [-0.1, -0.05) is 55.5 Å². The van der Waals surface area contributed by atoms with Crippen molar-refractivity contribution in [1.29, 1.82) is 0 Å². The number of rotatable bonds is 10. The molecular weight excluding hydrogens is 392 g/mol. The quantitative estimate of drug-likeness (QED) is 0.383. The van der Waals surface area contributed by atoms with Gasteiger partial charge in [0.2, 0.25) is 0 Å². The van der Waals surface area contributed by atoms with Crippen molar-refractivity contribution in [3.63, 3.8) is 0 Å². The molecule has 0 heterocycles. The molecule has 0 atom stereocenters. The zero-order valence-corrected chi connectivity index (χ0v) is 17.7. The minimum Gasteiger partial charge on any atom is -0.493 e. The molecule has 3 aromatic carbocycles. The highest BCUT2D eigenvalue weighted by Crippen LogP contribution is 2.29. The predicted octanol–water partition coefficient (Wildman–Crippen LogP) is 4.68. The van der Waals surface area contributed by atoms with Crippen molar-refractivity contribution >= 4 is 12.1 Å². The van der Waals surface area contributed by atoms with E-state index in [1.807, 2.05) is 73.7 Å². The average Bonchev–Trinajstić information content (AvgIpc) is 2.82. The second-order valence-electron chi connectivity index (χ2n) is 6.70. The van der Waals surface area contributed by atoms with Gasteiger partial charge in [0.25, 0.3) is 5.91 Å². The standard InChI is InChI=1S/C25H26N2O4/c1-3-15-30-23-14-13-19(16-24(23)29-2)17-26-27-25(28)18-31-22-12-8-7-11-21(22)20-9-5-4-6-10-20/h4-14,16-17H,3,15,18H2,1-2H3,(H,27,28)/b26-17+. The Labute approximate surface area is 182 Å². The lowest BCUT2D eigenvalue weighted by Crippen LogP contribution is -2.24. The van der Waals surface area contributed by atoms with Gasteiger partial charge in [-0.3, -0.25) is 4.79 Å². The summed E-state index contributed by atoms with van der Waals surface area (Å²) in [6.07, 6.45) is 2.46. The van der Waals surface area contributed by atoms with Gasteiger partial charge in [-0.15, -0.1) is 0 Å². The summed E-state index contributed by atoms with van der Waals surface area (Å²) in [4.78, 5) is 12.2. The molecule has 0 radical (unpaired) electrons. The summed E-state index contributed by atoms with van der Waals surface area (Å²) in [5.74, 6) is 1.58. The number of benzene rings is 3. The number of hydrazone groups is 1. The van der Waals surface area contributed by atoms with E-state index in [0.29, 0.717) is 23.9 Å². The first kappa shape index (κ1) is 21.9. The molecule has 160 valence electrons. The van der Waals surface area contributed by atoms with E-state index in [-0.39, 0.29) is 12.5 Å². The Morgan fingerprint density at radius 1 is 0.935 bits per heavy atom. The monoisotopic (exact) mass is 418 g/mol. The molecule has 0 fully saturated rings. The number of para-hydroxylation sites is 1. The summed E-state index contributed by atoms with van der Waals surface area (Å²) in [6.45, 7) is 2.52. The molecule has 0 aliphatic rings. The third kappa shape index (κ3) is 6.34. The second kappa shape index (κ2) is 11.4. The Hall–Kier alpha value is -3.80. The van der Waals surface area contributed by atoms with Crippen LogP contribution in [0, 0.1) is 0 Å². The van der Waals surface area contributed by atoms with Crippen LogP contribution >= 0.6 is 0 Å². The fourth-order valence-electron chi connectivity index (χ4n) is 2.90. The lowest BCUT2D eigenvalue weighted by molar-refractivity contribution is -0.123. The van der Waals surface area contributed by atoms with Gasteiger partial charge >= 0.3 is 0 Å². The maximum Gasteiger partial charge on any atom is 0.277 e. The largest absolute Gasteiger partial charge is 0.493 e. The minimum absolute atomic E-state index is 0.145. The van der Waals surface area contributed by atoms with Crippen LogP contribution in [0.4, 0.5) is 0 Å². The number of nitrogens with one attached hydrogen (secondary N) is 1. The SMILES string of the molecule is CCCOc1ccc(/C=N/NC(=O)COc2ccccc2-c2ccccc2)cc1OC. The summed E-state index contributed by atoms with van der Waals surface area (Å²) in [6, 6.07) is 23.0. The molecule has 1 amide bonds. The van der Waals surface area contributed by atoms with Gasteiger partial charge in [0, 0.05) is 5.56 Å².